The number of halogens is 1. The van der Waals surface area contributed by atoms with E-state index in [1.54, 1.807) is 30.2 Å². The van der Waals surface area contributed by atoms with Gasteiger partial charge in [0.05, 0.1) is 30.3 Å². The first-order valence-corrected chi connectivity index (χ1v) is 11.5. The van der Waals surface area contributed by atoms with Gasteiger partial charge >= 0.3 is 0 Å². The van der Waals surface area contributed by atoms with E-state index in [2.05, 4.69) is 11.0 Å². The van der Waals surface area contributed by atoms with Crippen molar-refractivity contribution in [1.29, 1.82) is 5.26 Å². The number of amides is 2. The van der Waals surface area contributed by atoms with Crippen molar-refractivity contribution in [2.45, 2.75) is 19.4 Å². The second-order valence-electron chi connectivity index (χ2n) is 8.49. The number of anilines is 1. The normalized spacial score (nSPS) is 19.3. The average molecular weight is 467 g/mol. The summed E-state index contributed by atoms with van der Waals surface area (Å²) >= 11 is 6.14. The third-order valence-electron chi connectivity index (χ3n) is 6.30. The van der Waals surface area contributed by atoms with Gasteiger partial charge in [0.15, 0.2) is 0 Å². The second-order valence-corrected chi connectivity index (χ2v) is 8.92. The summed E-state index contributed by atoms with van der Waals surface area (Å²) in [4.78, 5) is 31.9. The van der Waals surface area contributed by atoms with Crippen LogP contribution in [0.3, 0.4) is 0 Å². The Morgan fingerprint density at radius 2 is 1.94 bits per heavy atom. The predicted octanol–water partition coefficient (Wildman–Crippen LogP) is 3.31. The molecule has 2 saturated heterocycles. The Kier molecular flexibility index (Phi) is 7.17. The summed E-state index contributed by atoms with van der Waals surface area (Å²) in [6.07, 6.45) is 1.08. The maximum Gasteiger partial charge on any atom is 0.228 e. The molecule has 2 aromatic rings. The van der Waals surface area contributed by atoms with Gasteiger partial charge in [-0.15, -0.1) is 0 Å². The largest absolute Gasteiger partial charge is 0.495 e. The molecule has 2 fully saturated rings. The van der Waals surface area contributed by atoms with E-state index in [9.17, 15) is 9.59 Å². The van der Waals surface area contributed by atoms with Gasteiger partial charge in [0, 0.05) is 50.7 Å². The van der Waals surface area contributed by atoms with Gasteiger partial charge in [0.1, 0.15) is 5.75 Å². The zero-order valence-corrected chi connectivity index (χ0v) is 19.4. The van der Waals surface area contributed by atoms with Gasteiger partial charge in [0.25, 0.3) is 0 Å². The quantitative estimate of drug-likeness (QED) is 0.675. The van der Waals surface area contributed by atoms with E-state index in [4.69, 9.17) is 21.6 Å². The van der Waals surface area contributed by atoms with Crippen LogP contribution in [0.1, 0.15) is 24.0 Å². The highest BCUT2D eigenvalue weighted by Crippen LogP contribution is 2.35. The van der Waals surface area contributed by atoms with E-state index in [1.807, 2.05) is 29.2 Å². The number of hydrogen-bond acceptors (Lipinski definition) is 5. The number of nitrogens with zero attached hydrogens (tertiary/aromatic N) is 4. The third kappa shape index (κ3) is 5.29. The summed E-state index contributed by atoms with van der Waals surface area (Å²) in [7, 11) is 1.55. The number of nitriles is 1. The van der Waals surface area contributed by atoms with E-state index in [0.29, 0.717) is 41.7 Å². The van der Waals surface area contributed by atoms with Crippen LogP contribution in [0.5, 0.6) is 5.75 Å². The standard InChI is InChI=1S/C25H27ClN4O3/c1-33-23-8-7-21(26)14-22(23)30-17-20(13-24(30)31)25(32)29-10-2-9-28(11-12-29)16-19-5-3-18(15-27)4-6-19/h3-8,14,20H,2,9-13,16-17H2,1H3. The first kappa shape index (κ1) is 23.1. The van der Waals surface area contributed by atoms with Gasteiger partial charge in [0.2, 0.25) is 11.8 Å². The molecule has 0 bridgehead atoms. The summed E-state index contributed by atoms with van der Waals surface area (Å²) < 4.78 is 5.39. The fraction of sp³-hybridized carbons (Fsp3) is 0.400. The van der Waals surface area contributed by atoms with Gasteiger partial charge < -0.3 is 14.5 Å². The molecule has 0 spiro atoms. The maximum absolute atomic E-state index is 13.3. The predicted molar refractivity (Wildman–Crippen MR) is 126 cm³/mol. The molecule has 2 heterocycles. The van der Waals surface area contributed by atoms with E-state index >= 15 is 0 Å². The molecule has 0 N–H and O–H groups in total. The lowest BCUT2D eigenvalue weighted by molar-refractivity contribution is -0.135. The highest BCUT2D eigenvalue weighted by molar-refractivity contribution is 6.31. The van der Waals surface area contributed by atoms with Crippen LogP contribution in [-0.2, 0) is 16.1 Å². The zero-order chi connectivity index (χ0) is 23.4. The maximum atomic E-state index is 13.3. The molecule has 1 atom stereocenters. The number of methoxy groups -OCH3 is 1. The second kappa shape index (κ2) is 10.2. The summed E-state index contributed by atoms with van der Waals surface area (Å²) in [5.74, 6) is 0.138. The molecule has 33 heavy (non-hydrogen) atoms. The topological polar surface area (TPSA) is 76.9 Å². The Balaban J connectivity index is 1.37. The molecule has 8 heteroatoms. The number of ether oxygens (including phenoxy) is 1. The summed E-state index contributed by atoms with van der Waals surface area (Å²) in [6.45, 7) is 4.13. The van der Waals surface area contributed by atoms with Crippen LogP contribution >= 0.6 is 11.6 Å². The van der Waals surface area contributed by atoms with Crippen LogP contribution in [0.25, 0.3) is 0 Å². The number of carbonyl (C=O) groups excluding carboxylic acids is 2. The highest BCUT2D eigenvalue weighted by atomic mass is 35.5. The monoisotopic (exact) mass is 466 g/mol. The van der Waals surface area contributed by atoms with E-state index in [0.717, 1.165) is 31.6 Å². The van der Waals surface area contributed by atoms with E-state index in [-0.39, 0.29) is 24.2 Å². The molecule has 0 saturated carbocycles. The van der Waals surface area contributed by atoms with Gasteiger partial charge in [-0.3, -0.25) is 14.5 Å². The van der Waals surface area contributed by atoms with Crippen molar-refractivity contribution in [3.05, 3.63) is 58.6 Å². The molecule has 4 rings (SSSR count). The van der Waals surface area contributed by atoms with Crippen LogP contribution < -0.4 is 9.64 Å². The van der Waals surface area contributed by atoms with Crippen molar-refractivity contribution in [2.75, 3.05) is 44.7 Å². The Bertz CT molecular complexity index is 1070. The van der Waals surface area contributed by atoms with Crippen LogP contribution in [-0.4, -0.2) is 61.4 Å². The Morgan fingerprint density at radius 1 is 1.15 bits per heavy atom. The Hall–Kier alpha value is -3.08. The van der Waals surface area contributed by atoms with Crippen LogP contribution in [0.4, 0.5) is 5.69 Å². The SMILES string of the molecule is COc1ccc(Cl)cc1N1CC(C(=O)N2CCCN(Cc3ccc(C#N)cc3)CC2)CC1=O. The van der Waals surface area contributed by atoms with Gasteiger partial charge in [-0.25, -0.2) is 0 Å². The molecular weight excluding hydrogens is 440 g/mol. The molecule has 7 nitrogen and oxygen atoms in total. The molecule has 1 unspecified atom stereocenters. The fourth-order valence-corrected chi connectivity index (χ4v) is 4.70. The lowest BCUT2D eigenvalue weighted by Crippen LogP contribution is -2.40. The van der Waals surface area contributed by atoms with E-state index < -0.39 is 0 Å². The third-order valence-corrected chi connectivity index (χ3v) is 6.53. The van der Waals surface area contributed by atoms with Crippen molar-refractivity contribution in [2.24, 2.45) is 5.92 Å². The fourth-order valence-electron chi connectivity index (χ4n) is 4.53. The average Bonchev–Trinajstić information content (AvgIpc) is 3.06. The Labute approximate surface area is 199 Å². The first-order chi connectivity index (χ1) is 16.0. The van der Waals surface area contributed by atoms with Crippen molar-refractivity contribution >= 4 is 29.1 Å². The molecular formula is C25H27ClN4O3. The minimum atomic E-state index is -0.369. The number of carbonyl (C=O) groups is 2. The first-order valence-electron chi connectivity index (χ1n) is 11.1. The van der Waals surface area contributed by atoms with Crippen LogP contribution in [0.2, 0.25) is 5.02 Å². The number of benzene rings is 2. The lowest BCUT2D eigenvalue weighted by atomic mass is 10.1. The van der Waals surface area contributed by atoms with Crippen molar-refractivity contribution < 1.29 is 14.3 Å². The minimum Gasteiger partial charge on any atom is -0.495 e. The molecule has 2 amide bonds. The molecule has 0 radical (unpaired) electrons. The van der Waals surface area contributed by atoms with Gasteiger partial charge in [-0.05, 0) is 42.3 Å². The Morgan fingerprint density at radius 3 is 2.67 bits per heavy atom. The van der Waals surface area contributed by atoms with Crippen molar-refractivity contribution in [3.8, 4) is 11.8 Å². The van der Waals surface area contributed by atoms with Crippen LogP contribution in [0, 0.1) is 17.2 Å². The number of hydrogen-bond donors (Lipinski definition) is 0. The molecule has 0 aromatic heterocycles. The van der Waals surface area contributed by atoms with Crippen molar-refractivity contribution in [1.82, 2.24) is 9.80 Å². The molecule has 2 aliphatic rings. The van der Waals surface area contributed by atoms with Gasteiger partial charge in [-0.1, -0.05) is 23.7 Å². The van der Waals surface area contributed by atoms with E-state index in [1.165, 1.54) is 0 Å². The molecule has 0 aliphatic carbocycles. The summed E-state index contributed by atoms with van der Waals surface area (Å²) in [5, 5.41) is 9.48. The molecule has 172 valence electrons. The van der Waals surface area contributed by atoms with Gasteiger partial charge in [-0.2, -0.15) is 5.26 Å². The highest BCUT2D eigenvalue weighted by Gasteiger charge is 2.38. The lowest BCUT2D eigenvalue weighted by Gasteiger charge is -2.25. The summed E-state index contributed by atoms with van der Waals surface area (Å²) in [5.41, 5.74) is 2.41. The number of rotatable bonds is 5. The molecule has 2 aliphatic heterocycles. The smallest absolute Gasteiger partial charge is 0.228 e. The minimum absolute atomic E-state index is 0.0343. The molecule has 2 aromatic carbocycles. The van der Waals surface area contributed by atoms with Crippen molar-refractivity contribution in [3.63, 3.8) is 0 Å². The van der Waals surface area contributed by atoms with Crippen LogP contribution in [0.15, 0.2) is 42.5 Å². The summed E-state index contributed by atoms with van der Waals surface area (Å²) in [6, 6.07) is 14.9. The zero-order valence-electron chi connectivity index (χ0n) is 18.7.